The molecule has 1 aliphatic heterocycles. The fourth-order valence-corrected chi connectivity index (χ4v) is 2.93. The van der Waals surface area contributed by atoms with E-state index in [9.17, 15) is 14.3 Å². The van der Waals surface area contributed by atoms with Crippen LogP contribution in [0.15, 0.2) is 22.7 Å². The summed E-state index contributed by atoms with van der Waals surface area (Å²) >= 11 is 0. The lowest BCUT2D eigenvalue weighted by Gasteiger charge is -2.14. The smallest absolute Gasteiger partial charge is 0.261 e. The number of aromatic hydroxyl groups is 1. The van der Waals surface area contributed by atoms with Crippen LogP contribution in [0.2, 0.25) is 0 Å². The lowest BCUT2D eigenvalue weighted by Crippen LogP contribution is -2.27. The van der Waals surface area contributed by atoms with Gasteiger partial charge in [-0.2, -0.15) is 4.98 Å². The maximum Gasteiger partial charge on any atom is 0.261 e. The molecule has 1 aromatic carbocycles. The Morgan fingerprint density at radius 1 is 1.39 bits per heavy atom. The molecular weight excluding hydrogens is 301 g/mol. The maximum atomic E-state index is 13.4. The SMILES string of the molecule is O=C1CC(c2noc(-c3cccc(F)c3O)n2)CN1CC1CC1. The Morgan fingerprint density at radius 2 is 2.22 bits per heavy atom. The Morgan fingerprint density at radius 3 is 3.00 bits per heavy atom. The van der Waals surface area contributed by atoms with E-state index in [2.05, 4.69) is 10.1 Å². The van der Waals surface area contributed by atoms with Crippen molar-refractivity contribution in [2.24, 2.45) is 5.92 Å². The first-order valence-corrected chi connectivity index (χ1v) is 7.71. The largest absolute Gasteiger partial charge is 0.504 e. The Hall–Kier alpha value is -2.44. The van der Waals surface area contributed by atoms with E-state index in [-0.39, 0.29) is 23.3 Å². The van der Waals surface area contributed by atoms with Gasteiger partial charge in [0.2, 0.25) is 5.91 Å². The van der Waals surface area contributed by atoms with E-state index in [0.29, 0.717) is 24.7 Å². The molecule has 0 spiro atoms. The second-order valence-corrected chi connectivity index (χ2v) is 6.24. The van der Waals surface area contributed by atoms with Crippen molar-refractivity contribution in [3.63, 3.8) is 0 Å². The molecule has 6 nitrogen and oxygen atoms in total. The van der Waals surface area contributed by atoms with Crippen molar-refractivity contribution in [1.82, 2.24) is 15.0 Å². The molecule has 7 heteroatoms. The fourth-order valence-electron chi connectivity index (χ4n) is 2.93. The predicted molar refractivity (Wildman–Crippen MR) is 78.0 cm³/mol. The van der Waals surface area contributed by atoms with Gasteiger partial charge in [-0.25, -0.2) is 4.39 Å². The fraction of sp³-hybridized carbons (Fsp3) is 0.438. The van der Waals surface area contributed by atoms with Crippen molar-refractivity contribution >= 4 is 5.91 Å². The first-order chi connectivity index (χ1) is 11.1. The average molecular weight is 317 g/mol. The number of amides is 1. The molecule has 2 fully saturated rings. The highest BCUT2D eigenvalue weighted by molar-refractivity contribution is 5.79. The highest BCUT2D eigenvalue weighted by Crippen LogP contribution is 2.35. The Balaban J connectivity index is 1.54. The quantitative estimate of drug-likeness (QED) is 0.936. The van der Waals surface area contributed by atoms with Gasteiger partial charge in [0.25, 0.3) is 5.89 Å². The number of carbonyl (C=O) groups excluding carboxylic acids is 1. The minimum Gasteiger partial charge on any atom is -0.504 e. The number of hydrogen-bond donors (Lipinski definition) is 1. The summed E-state index contributed by atoms with van der Waals surface area (Å²) in [6.45, 7) is 1.40. The van der Waals surface area contributed by atoms with Crippen LogP contribution in [0.25, 0.3) is 11.5 Å². The molecule has 2 aromatic rings. The molecule has 1 amide bonds. The number of likely N-dealkylation sites (tertiary alicyclic amines) is 1. The molecule has 1 atom stereocenters. The van der Waals surface area contributed by atoms with Crippen LogP contribution in [-0.2, 0) is 4.79 Å². The zero-order valence-corrected chi connectivity index (χ0v) is 12.4. The minimum atomic E-state index is -0.742. The van der Waals surface area contributed by atoms with Gasteiger partial charge in [-0.05, 0) is 30.9 Å². The zero-order valence-electron chi connectivity index (χ0n) is 12.4. The third-order valence-corrected chi connectivity index (χ3v) is 4.41. The molecule has 0 bridgehead atoms. The van der Waals surface area contributed by atoms with E-state index in [1.54, 1.807) is 0 Å². The van der Waals surface area contributed by atoms with E-state index in [1.807, 2.05) is 4.90 Å². The Kier molecular flexibility index (Phi) is 3.28. The number of halogens is 1. The standard InChI is InChI=1S/C16H16FN3O3/c17-12-3-1-2-11(14(12)22)16-18-15(19-23-16)10-6-13(21)20(8-10)7-9-4-5-9/h1-3,9-10,22H,4-8H2. The van der Waals surface area contributed by atoms with E-state index < -0.39 is 11.6 Å². The molecular formula is C16H16FN3O3. The van der Waals surface area contributed by atoms with Crippen LogP contribution >= 0.6 is 0 Å². The van der Waals surface area contributed by atoms with Gasteiger partial charge in [0.15, 0.2) is 17.4 Å². The van der Waals surface area contributed by atoms with E-state index in [4.69, 9.17) is 4.52 Å². The second-order valence-electron chi connectivity index (χ2n) is 6.24. The molecule has 1 aromatic heterocycles. The molecule has 1 aliphatic carbocycles. The van der Waals surface area contributed by atoms with Gasteiger partial charge in [0, 0.05) is 25.4 Å². The summed E-state index contributed by atoms with van der Waals surface area (Å²) < 4.78 is 18.6. The highest BCUT2D eigenvalue weighted by atomic mass is 19.1. The first kappa shape index (κ1) is 14.2. The number of para-hydroxylation sites is 1. The van der Waals surface area contributed by atoms with Gasteiger partial charge in [-0.3, -0.25) is 4.79 Å². The van der Waals surface area contributed by atoms with Crippen molar-refractivity contribution in [1.29, 1.82) is 0 Å². The Bertz CT molecular complexity index is 757. The van der Waals surface area contributed by atoms with E-state index in [1.165, 1.54) is 25.0 Å². The third kappa shape index (κ3) is 2.67. The number of carbonyl (C=O) groups is 1. The third-order valence-electron chi connectivity index (χ3n) is 4.41. The molecule has 1 saturated heterocycles. The summed E-state index contributed by atoms with van der Waals surface area (Å²) in [5.74, 6) is -0.131. The van der Waals surface area contributed by atoms with E-state index >= 15 is 0 Å². The minimum absolute atomic E-state index is 0.0603. The van der Waals surface area contributed by atoms with Gasteiger partial charge < -0.3 is 14.5 Å². The van der Waals surface area contributed by atoms with Crippen LogP contribution in [0, 0.1) is 11.7 Å². The van der Waals surface area contributed by atoms with Crippen LogP contribution < -0.4 is 0 Å². The lowest BCUT2D eigenvalue weighted by atomic mass is 10.1. The number of rotatable bonds is 4. The van der Waals surface area contributed by atoms with Crippen LogP contribution in [0.4, 0.5) is 4.39 Å². The van der Waals surface area contributed by atoms with Gasteiger partial charge in [-0.15, -0.1) is 0 Å². The van der Waals surface area contributed by atoms with Crippen molar-refractivity contribution in [3.8, 4) is 17.2 Å². The number of phenolic OH excluding ortho intramolecular Hbond substituents is 1. The topological polar surface area (TPSA) is 79.5 Å². The summed E-state index contributed by atoms with van der Waals surface area (Å²) in [7, 11) is 0. The van der Waals surface area contributed by atoms with Gasteiger partial charge in [-0.1, -0.05) is 11.2 Å². The van der Waals surface area contributed by atoms with Gasteiger partial charge >= 0.3 is 0 Å². The van der Waals surface area contributed by atoms with Crippen molar-refractivity contribution in [2.45, 2.75) is 25.2 Å². The van der Waals surface area contributed by atoms with Crippen molar-refractivity contribution < 1.29 is 18.8 Å². The molecule has 2 heterocycles. The summed E-state index contributed by atoms with van der Waals surface area (Å²) in [5.41, 5.74) is 0.155. The zero-order chi connectivity index (χ0) is 16.0. The molecule has 23 heavy (non-hydrogen) atoms. The molecule has 0 radical (unpaired) electrons. The summed E-state index contributed by atoms with van der Waals surface area (Å²) in [6, 6.07) is 4.13. The van der Waals surface area contributed by atoms with Gasteiger partial charge in [0.1, 0.15) is 0 Å². The highest BCUT2D eigenvalue weighted by Gasteiger charge is 2.36. The number of benzene rings is 1. The van der Waals surface area contributed by atoms with Crippen LogP contribution in [0.3, 0.4) is 0 Å². The number of aromatic nitrogens is 2. The lowest BCUT2D eigenvalue weighted by molar-refractivity contribution is -0.127. The normalized spacial score (nSPS) is 21.2. The second kappa shape index (κ2) is 5.33. The van der Waals surface area contributed by atoms with Crippen molar-refractivity contribution in [3.05, 3.63) is 29.8 Å². The summed E-state index contributed by atoms with van der Waals surface area (Å²) in [5, 5.41) is 13.7. The summed E-state index contributed by atoms with van der Waals surface area (Å²) in [6.07, 6.45) is 2.75. The molecule has 1 N–H and O–H groups in total. The number of nitrogens with zero attached hydrogens (tertiary/aromatic N) is 3. The monoisotopic (exact) mass is 317 g/mol. The molecule has 1 saturated carbocycles. The van der Waals surface area contributed by atoms with Crippen LogP contribution in [-0.4, -0.2) is 39.1 Å². The number of hydrogen-bond acceptors (Lipinski definition) is 5. The van der Waals surface area contributed by atoms with Crippen LogP contribution in [0.1, 0.15) is 31.0 Å². The van der Waals surface area contributed by atoms with Gasteiger partial charge in [0.05, 0.1) is 5.56 Å². The molecule has 1 unspecified atom stereocenters. The predicted octanol–water partition coefficient (Wildman–Crippen LogP) is 2.31. The van der Waals surface area contributed by atoms with Crippen molar-refractivity contribution in [2.75, 3.05) is 13.1 Å². The Labute approximate surface area is 131 Å². The first-order valence-electron chi connectivity index (χ1n) is 7.71. The molecule has 120 valence electrons. The average Bonchev–Trinajstić information content (AvgIpc) is 3.07. The maximum absolute atomic E-state index is 13.4. The van der Waals surface area contributed by atoms with E-state index in [0.717, 1.165) is 12.6 Å². The summed E-state index contributed by atoms with van der Waals surface area (Å²) in [4.78, 5) is 18.2. The molecule has 4 rings (SSSR count). The molecule has 2 aliphatic rings. The van der Waals surface area contributed by atoms with Crippen LogP contribution in [0.5, 0.6) is 5.75 Å². The number of phenols is 1.